The molecule has 0 atom stereocenters. The van der Waals surface area contributed by atoms with Gasteiger partial charge in [0.1, 0.15) is 23.3 Å². The third-order valence-electron chi connectivity index (χ3n) is 11.2. The third-order valence-corrected chi connectivity index (χ3v) is 18.7. The summed E-state index contributed by atoms with van der Waals surface area (Å²) in [5, 5.41) is 1.02. The number of ketones is 2. The summed E-state index contributed by atoms with van der Waals surface area (Å²) in [7, 11) is -11.7. The van der Waals surface area contributed by atoms with Crippen LogP contribution in [0.2, 0.25) is 10.0 Å². The van der Waals surface area contributed by atoms with Crippen LogP contribution in [-0.2, 0) is 21.8 Å². The van der Waals surface area contributed by atoms with Crippen LogP contribution in [0.1, 0.15) is 31.8 Å². The van der Waals surface area contributed by atoms with Crippen LogP contribution >= 0.6 is 54.5 Å². The fourth-order valence-corrected chi connectivity index (χ4v) is 13.9. The van der Waals surface area contributed by atoms with Gasteiger partial charge >= 0.3 is 67.4 Å². The Morgan fingerprint density at radius 1 is 0.341 bits per heavy atom. The van der Waals surface area contributed by atoms with Crippen molar-refractivity contribution < 1.29 is 71.1 Å². The van der Waals surface area contributed by atoms with Crippen LogP contribution in [0.3, 0.4) is 0 Å². The van der Waals surface area contributed by atoms with Crippen molar-refractivity contribution >= 4 is 108 Å². The Labute approximate surface area is 522 Å². The zero-order valence-electron chi connectivity index (χ0n) is 44.2. The van der Waals surface area contributed by atoms with Gasteiger partial charge in [0.15, 0.2) is 40.9 Å². The van der Waals surface area contributed by atoms with Crippen LogP contribution in [0.4, 0.5) is 56.8 Å². The standard InChI is InChI=1S/2C31H20ClF2OS2.F6P.6FH.Sb/c2*32-29-20-22(31(35)21-4-2-1-3-5-21)6-19-30(29)36-25-11-17-28(18-12-25)37(26-13-7-23(33)8-14-26)27-15-9-24(34)10-16-27;1-7(2,3,4,5)6;;;;;;;/h2*1-20H;;6*1H;/q2*+1;-1;;;;;;;+5/p-6. The SMILES string of the molecule is F[P-](F)(F)(F)(F)F.O=C(c1ccccc1)c1ccc(Sc2ccc([S+](c3ccc(F)cc3)c3ccc(F)cc3)cc2)c(Cl)c1.O=C(c1ccccc1)c1ccc(Sc2ccc([S+](c3ccc(F)cc3)c3ccc(F)cc3)cc2)c(Cl)c1.[F-].[F][Sb]([F])([F])([F])[F]. The van der Waals surface area contributed by atoms with Crippen molar-refractivity contribution in [3.05, 3.63) is 298 Å². The van der Waals surface area contributed by atoms with Crippen LogP contribution in [0, 0.1) is 23.3 Å². The van der Waals surface area contributed by atoms with E-state index in [1.807, 2.05) is 97.1 Å². The summed E-state index contributed by atoms with van der Waals surface area (Å²) >= 11 is 6.91. The second-order valence-electron chi connectivity index (χ2n) is 17.9. The topological polar surface area (TPSA) is 34.1 Å². The van der Waals surface area contributed by atoms with E-state index in [0.29, 0.717) is 32.3 Å². The molecule has 0 heterocycles. The maximum absolute atomic E-state index is 13.6. The number of hydrogen-bond acceptors (Lipinski definition) is 4. The Morgan fingerprint density at radius 2 is 0.557 bits per heavy atom. The summed E-state index contributed by atoms with van der Waals surface area (Å²) in [6, 6.07) is 70.7. The molecule has 0 aliphatic carbocycles. The van der Waals surface area contributed by atoms with Crippen molar-refractivity contribution in [3.8, 4) is 0 Å². The van der Waals surface area contributed by atoms with Gasteiger partial charge in [0.25, 0.3) is 0 Å². The molecule has 0 radical (unpaired) electrons. The molecule has 0 unspecified atom stereocenters. The molecule has 0 fully saturated rings. The predicted molar refractivity (Wildman–Crippen MR) is 319 cm³/mol. The molecule has 0 aliphatic heterocycles. The Kier molecular flexibility index (Phi) is 23.4. The van der Waals surface area contributed by atoms with Gasteiger partial charge in [-0.25, -0.2) is 17.6 Å². The number of benzene rings is 10. The van der Waals surface area contributed by atoms with Gasteiger partial charge in [-0.1, -0.05) is 107 Å². The number of carbonyl (C=O) groups is 2. The van der Waals surface area contributed by atoms with Crippen LogP contribution in [0.5, 0.6) is 0 Å². The molecule has 0 saturated heterocycles. The number of hydrogen-bond donors (Lipinski definition) is 0. The molecule has 0 N–H and O–H groups in total. The van der Waals surface area contributed by atoms with E-state index in [-0.39, 0.29) is 39.5 Å². The van der Waals surface area contributed by atoms with E-state index in [1.165, 1.54) is 72.1 Å². The third kappa shape index (κ3) is 23.9. The molecule has 10 aromatic carbocycles. The van der Waals surface area contributed by atoms with Crippen molar-refractivity contribution in [1.29, 1.82) is 0 Å². The van der Waals surface area contributed by atoms with Gasteiger partial charge in [-0.05, 0) is 182 Å². The molecule has 0 saturated carbocycles. The van der Waals surface area contributed by atoms with Crippen LogP contribution in [0.25, 0.3) is 0 Å². The number of rotatable bonds is 14. The van der Waals surface area contributed by atoms with E-state index in [9.17, 15) is 66.4 Å². The first-order valence-electron chi connectivity index (χ1n) is 24.7. The van der Waals surface area contributed by atoms with E-state index in [1.54, 1.807) is 97.1 Å². The van der Waals surface area contributed by atoms with Crippen LogP contribution < -0.4 is 4.70 Å². The first-order valence-corrected chi connectivity index (χ1v) is 36.4. The molecule has 0 spiro atoms. The first-order chi connectivity index (χ1) is 40.6. The Balaban J connectivity index is 0.000000232. The minimum absolute atomic E-state index is 0. The molecule has 26 heteroatoms. The molecule has 0 aromatic heterocycles. The summed E-state index contributed by atoms with van der Waals surface area (Å²) in [6.45, 7) is 0. The number of carbonyl (C=O) groups excluding carboxylic acids is 2. The molecule has 88 heavy (non-hydrogen) atoms. The quantitative estimate of drug-likeness (QED) is 0.0357. The monoisotopic (exact) mass is 1470 g/mol. The maximum atomic E-state index is 13.6. The zero-order valence-corrected chi connectivity index (χ0v) is 52.5. The van der Waals surface area contributed by atoms with E-state index in [0.717, 1.165) is 49.0 Å². The number of halogens is 18. The Morgan fingerprint density at radius 3 is 0.773 bits per heavy atom. The van der Waals surface area contributed by atoms with Gasteiger partial charge in [-0.15, -0.1) is 0 Å². The van der Waals surface area contributed by atoms with Crippen LogP contribution in [0.15, 0.2) is 292 Å². The van der Waals surface area contributed by atoms with E-state index >= 15 is 0 Å². The summed E-state index contributed by atoms with van der Waals surface area (Å²) in [4.78, 5) is 34.9. The van der Waals surface area contributed by atoms with Gasteiger partial charge in [-0.3, -0.25) is 9.59 Å². The second kappa shape index (κ2) is 29.1. The fraction of sp³-hybridized carbons (Fsp3) is 0. The normalized spacial score (nSPS) is 12.4. The molecule has 460 valence electrons. The average molecular weight is 1470 g/mol. The molecule has 0 amide bonds. The summed E-state index contributed by atoms with van der Waals surface area (Å²) in [5.41, 5.74) is 2.32. The van der Waals surface area contributed by atoms with E-state index in [4.69, 9.17) is 23.2 Å². The Bertz CT molecular complexity index is 3620. The summed E-state index contributed by atoms with van der Waals surface area (Å²) < 4.78 is 163. The molecule has 2 nitrogen and oxygen atoms in total. The van der Waals surface area contributed by atoms with Gasteiger partial charge in [0.05, 0.1) is 31.8 Å². The van der Waals surface area contributed by atoms with Crippen molar-refractivity contribution in [2.75, 3.05) is 0 Å². The van der Waals surface area contributed by atoms with Gasteiger partial charge < -0.3 is 4.70 Å². The van der Waals surface area contributed by atoms with E-state index in [2.05, 4.69) is 0 Å². The summed E-state index contributed by atoms with van der Waals surface area (Å²) in [6.07, 6.45) is 0. The molecular formula is C62H40Cl2F16O2PS4Sb. The van der Waals surface area contributed by atoms with Crippen molar-refractivity contribution in [2.45, 2.75) is 49.0 Å². The molecular weight excluding hydrogens is 1430 g/mol. The minimum atomic E-state index is -10.7. The van der Waals surface area contributed by atoms with Gasteiger partial charge in [-0.2, -0.15) is 0 Å². The molecule has 0 aliphatic rings. The van der Waals surface area contributed by atoms with Gasteiger partial charge in [0, 0.05) is 41.8 Å². The summed E-state index contributed by atoms with van der Waals surface area (Å²) in [5.74, 6) is -1.34. The molecule has 10 rings (SSSR count). The van der Waals surface area contributed by atoms with Crippen molar-refractivity contribution in [3.63, 3.8) is 0 Å². The molecule has 10 aromatic rings. The predicted octanol–water partition coefficient (Wildman–Crippen LogP) is 20.3. The Hall–Kier alpha value is -6.35. The van der Waals surface area contributed by atoms with E-state index < -0.39 is 49.9 Å². The average Bonchev–Trinajstić information content (AvgIpc) is 2.25. The van der Waals surface area contributed by atoms with Crippen LogP contribution in [-0.4, -0.2) is 31.9 Å². The fourth-order valence-electron chi connectivity index (χ4n) is 7.60. The van der Waals surface area contributed by atoms with Gasteiger partial charge in [0.2, 0.25) is 0 Å². The first kappa shape index (κ1) is 70.7. The zero-order chi connectivity index (χ0) is 63.4. The van der Waals surface area contributed by atoms with Crippen molar-refractivity contribution in [1.82, 2.24) is 0 Å². The molecule has 0 bridgehead atoms. The second-order valence-corrected chi connectivity index (χ2v) is 30.5. The van der Waals surface area contributed by atoms with Crippen molar-refractivity contribution in [2.24, 2.45) is 0 Å².